The molecule has 13 heavy (non-hydrogen) atoms. The van der Waals surface area contributed by atoms with E-state index in [0.717, 1.165) is 31.1 Å². The van der Waals surface area contributed by atoms with Gasteiger partial charge in [0.1, 0.15) is 5.76 Å². The number of oxazole rings is 1. The van der Waals surface area contributed by atoms with Gasteiger partial charge in [0.2, 0.25) is 0 Å². The van der Waals surface area contributed by atoms with E-state index in [1.807, 2.05) is 6.92 Å². The van der Waals surface area contributed by atoms with Crippen molar-refractivity contribution in [2.45, 2.75) is 20.4 Å². The Balaban J connectivity index is 2.51. The Morgan fingerprint density at radius 1 is 1.62 bits per heavy atom. The normalized spacial score (nSPS) is 11.1. The first-order valence-electron chi connectivity index (χ1n) is 4.59. The molecule has 0 saturated carbocycles. The number of likely N-dealkylation sites (N-methyl/N-ethyl adjacent to an activating group) is 1. The van der Waals surface area contributed by atoms with Crippen LogP contribution in [-0.4, -0.2) is 29.5 Å². The van der Waals surface area contributed by atoms with Gasteiger partial charge in [-0.1, -0.05) is 6.92 Å². The van der Waals surface area contributed by atoms with Crippen LogP contribution in [0.4, 0.5) is 0 Å². The predicted molar refractivity (Wildman–Crippen MR) is 51.2 cm³/mol. The molecule has 0 aliphatic rings. The molecule has 0 spiro atoms. The number of rotatable bonds is 5. The lowest BCUT2D eigenvalue weighted by Gasteiger charge is -2.17. The number of hydrogen-bond donors (Lipinski definition) is 1. The highest BCUT2D eigenvalue weighted by Gasteiger charge is 2.08. The van der Waals surface area contributed by atoms with E-state index in [1.165, 1.54) is 6.39 Å². The molecule has 0 unspecified atom stereocenters. The van der Waals surface area contributed by atoms with Gasteiger partial charge in [-0.2, -0.15) is 0 Å². The molecule has 0 aromatic carbocycles. The van der Waals surface area contributed by atoms with Gasteiger partial charge in [0.05, 0.1) is 12.2 Å². The summed E-state index contributed by atoms with van der Waals surface area (Å²) in [6, 6.07) is 0. The third-order valence-electron chi connectivity index (χ3n) is 2.10. The number of nitrogens with two attached hydrogens (primary N) is 1. The highest BCUT2D eigenvalue weighted by Crippen LogP contribution is 2.08. The van der Waals surface area contributed by atoms with Crippen LogP contribution in [0, 0.1) is 6.92 Å². The van der Waals surface area contributed by atoms with Crippen LogP contribution in [0.2, 0.25) is 0 Å². The van der Waals surface area contributed by atoms with Gasteiger partial charge in [-0.3, -0.25) is 4.90 Å². The minimum Gasteiger partial charge on any atom is -0.447 e. The van der Waals surface area contributed by atoms with Gasteiger partial charge in [0, 0.05) is 13.1 Å². The molecule has 0 atom stereocenters. The zero-order valence-corrected chi connectivity index (χ0v) is 8.29. The largest absolute Gasteiger partial charge is 0.447 e. The SMILES string of the molecule is CCN(CCN)Cc1ocnc1C. The summed E-state index contributed by atoms with van der Waals surface area (Å²) in [7, 11) is 0. The number of nitrogens with zero attached hydrogens (tertiary/aromatic N) is 2. The van der Waals surface area contributed by atoms with Gasteiger partial charge in [0.25, 0.3) is 0 Å². The Morgan fingerprint density at radius 3 is 2.85 bits per heavy atom. The van der Waals surface area contributed by atoms with Gasteiger partial charge in [0.15, 0.2) is 6.39 Å². The topological polar surface area (TPSA) is 55.3 Å². The van der Waals surface area contributed by atoms with E-state index in [2.05, 4.69) is 16.8 Å². The minimum absolute atomic E-state index is 0.682. The molecule has 1 aromatic heterocycles. The Kier molecular flexibility index (Phi) is 3.92. The van der Waals surface area contributed by atoms with Crippen LogP contribution >= 0.6 is 0 Å². The van der Waals surface area contributed by atoms with E-state index < -0.39 is 0 Å². The molecule has 4 nitrogen and oxygen atoms in total. The summed E-state index contributed by atoms with van der Waals surface area (Å²) >= 11 is 0. The monoisotopic (exact) mass is 183 g/mol. The van der Waals surface area contributed by atoms with Crippen molar-refractivity contribution in [2.75, 3.05) is 19.6 Å². The third kappa shape index (κ3) is 2.82. The van der Waals surface area contributed by atoms with Crippen molar-refractivity contribution >= 4 is 0 Å². The van der Waals surface area contributed by atoms with Crippen LogP contribution in [0.5, 0.6) is 0 Å². The first-order valence-corrected chi connectivity index (χ1v) is 4.59. The third-order valence-corrected chi connectivity index (χ3v) is 2.10. The lowest BCUT2D eigenvalue weighted by molar-refractivity contribution is 0.262. The Labute approximate surface area is 78.7 Å². The maximum absolute atomic E-state index is 5.48. The lowest BCUT2D eigenvalue weighted by atomic mass is 10.3. The molecule has 1 heterocycles. The van der Waals surface area contributed by atoms with Gasteiger partial charge in [-0.15, -0.1) is 0 Å². The summed E-state index contributed by atoms with van der Waals surface area (Å²) in [5.41, 5.74) is 6.45. The zero-order valence-electron chi connectivity index (χ0n) is 8.29. The molecule has 0 fully saturated rings. The molecule has 0 bridgehead atoms. The van der Waals surface area contributed by atoms with E-state index in [4.69, 9.17) is 10.2 Å². The summed E-state index contributed by atoms with van der Waals surface area (Å²) < 4.78 is 5.25. The van der Waals surface area contributed by atoms with Crippen LogP contribution in [0.3, 0.4) is 0 Å². The van der Waals surface area contributed by atoms with Crippen LogP contribution < -0.4 is 5.73 Å². The van der Waals surface area contributed by atoms with Gasteiger partial charge in [-0.05, 0) is 13.5 Å². The number of aromatic nitrogens is 1. The molecular formula is C9H17N3O. The maximum Gasteiger partial charge on any atom is 0.181 e. The van der Waals surface area contributed by atoms with Crippen molar-refractivity contribution in [2.24, 2.45) is 5.73 Å². The van der Waals surface area contributed by atoms with Crippen molar-refractivity contribution in [3.8, 4) is 0 Å². The van der Waals surface area contributed by atoms with Crippen molar-refractivity contribution < 1.29 is 4.42 Å². The smallest absolute Gasteiger partial charge is 0.181 e. The summed E-state index contributed by atoms with van der Waals surface area (Å²) in [5.74, 6) is 0.940. The fourth-order valence-corrected chi connectivity index (χ4v) is 1.21. The summed E-state index contributed by atoms with van der Waals surface area (Å²) in [5, 5.41) is 0. The maximum atomic E-state index is 5.48. The summed E-state index contributed by atoms with van der Waals surface area (Å²) in [6.07, 6.45) is 1.49. The molecule has 0 amide bonds. The van der Waals surface area contributed by atoms with Crippen LogP contribution in [0.25, 0.3) is 0 Å². The van der Waals surface area contributed by atoms with Crippen LogP contribution in [-0.2, 0) is 6.54 Å². The minimum atomic E-state index is 0.682. The summed E-state index contributed by atoms with van der Waals surface area (Å²) in [4.78, 5) is 6.27. The molecule has 0 aliphatic carbocycles. The molecule has 0 radical (unpaired) electrons. The second kappa shape index (κ2) is 4.99. The van der Waals surface area contributed by atoms with E-state index in [0.29, 0.717) is 6.54 Å². The molecule has 1 aromatic rings. The van der Waals surface area contributed by atoms with E-state index >= 15 is 0 Å². The highest BCUT2D eigenvalue weighted by molar-refractivity contribution is 5.03. The molecular weight excluding hydrogens is 166 g/mol. The van der Waals surface area contributed by atoms with E-state index in [9.17, 15) is 0 Å². The highest BCUT2D eigenvalue weighted by atomic mass is 16.3. The van der Waals surface area contributed by atoms with Gasteiger partial charge in [-0.25, -0.2) is 4.98 Å². The lowest BCUT2D eigenvalue weighted by Crippen LogP contribution is -2.28. The van der Waals surface area contributed by atoms with Crippen LogP contribution in [0.15, 0.2) is 10.8 Å². The fourth-order valence-electron chi connectivity index (χ4n) is 1.21. The summed E-state index contributed by atoms with van der Waals surface area (Å²) in [6.45, 7) is 7.44. The van der Waals surface area contributed by atoms with Gasteiger partial charge < -0.3 is 10.2 Å². The Morgan fingerprint density at radius 2 is 2.38 bits per heavy atom. The van der Waals surface area contributed by atoms with Crippen molar-refractivity contribution in [3.63, 3.8) is 0 Å². The Hall–Kier alpha value is -0.870. The number of aryl methyl sites for hydroxylation is 1. The molecule has 0 saturated heterocycles. The van der Waals surface area contributed by atoms with Crippen molar-refractivity contribution in [1.29, 1.82) is 0 Å². The van der Waals surface area contributed by atoms with Crippen molar-refractivity contribution in [3.05, 3.63) is 17.8 Å². The standard InChI is InChI=1S/C9H17N3O/c1-3-12(5-4-10)6-9-8(2)11-7-13-9/h7H,3-6,10H2,1-2H3. The Bertz CT molecular complexity index is 247. The first-order chi connectivity index (χ1) is 6.27. The molecule has 74 valence electrons. The van der Waals surface area contributed by atoms with Gasteiger partial charge >= 0.3 is 0 Å². The van der Waals surface area contributed by atoms with Crippen molar-refractivity contribution in [1.82, 2.24) is 9.88 Å². The van der Waals surface area contributed by atoms with E-state index in [1.54, 1.807) is 0 Å². The number of hydrogen-bond acceptors (Lipinski definition) is 4. The molecule has 4 heteroatoms. The molecule has 0 aliphatic heterocycles. The predicted octanol–water partition coefficient (Wildman–Crippen LogP) is 0.764. The molecule has 1 rings (SSSR count). The first kappa shape index (κ1) is 10.2. The average Bonchev–Trinajstić information content (AvgIpc) is 2.51. The molecule has 2 N–H and O–H groups in total. The van der Waals surface area contributed by atoms with Crippen LogP contribution in [0.1, 0.15) is 18.4 Å². The van der Waals surface area contributed by atoms with E-state index in [-0.39, 0.29) is 0 Å². The average molecular weight is 183 g/mol. The quantitative estimate of drug-likeness (QED) is 0.732. The zero-order chi connectivity index (χ0) is 9.68. The fraction of sp³-hybridized carbons (Fsp3) is 0.667. The second-order valence-corrected chi connectivity index (χ2v) is 3.02. The second-order valence-electron chi connectivity index (χ2n) is 3.02.